The highest BCUT2D eigenvalue weighted by Crippen LogP contribution is 2.17. The minimum absolute atomic E-state index is 0.0820. The number of carbonyl (C=O) groups excluding carboxylic acids is 2. The van der Waals surface area contributed by atoms with Gasteiger partial charge in [0.1, 0.15) is 6.54 Å². The minimum atomic E-state index is -0.422. The summed E-state index contributed by atoms with van der Waals surface area (Å²) < 4.78 is 4.71. The Balaban J connectivity index is 2.33. The van der Waals surface area contributed by atoms with E-state index in [2.05, 4.69) is 5.32 Å². The molecule has 1 aromatic carbocycles. The number of carbonyl (C=O) groups is 2. The third-order valence-corrected chi connectivity index (χ3v) is 3.02. The van der Waals surface area contributed by atoms with Crippen molar-refractivity contribution in [1.82, 2.24) is 5.32 Å². The monoisotopic (exact) mass is 283 g/mol. The molecule has 0 saturated carbocycles. The van der Waals surface area contributed by atoms with Crippen LogP contribution in [0.5, 0.6) is 0 Å². The van der Waals surface area contributed by atoms with Crippen molar-refractivity contribution in [1.29, 1.82) is 0 Å². The predicted molar refractivity (Wildman–Crippen MR) is 74.2 cm³/mol. The summed E-state index contributed by atoms with van der Waals surface area (Å²) >= 11 is 6.00. The second-order valence-corrected chi connectivity index (χ2v) is 4.57. The Morgan fingerprint density at radius 1 is 1.37 bits per heavy atom. The van der Waals surface area contributed by atoms with Gasteiger partial charge < -0.3 is 10.1 Å². The molecule has 0 saturated heterocycles. The van der Waals surface area contributed by atoms with Crippen molar-refractivity contribution >= 4 is 23.5 Å². The maximum atomic E-state index is 11.5. The summed E-state index contributed by atoms with van der Waals surface area (Å²) in [6.45, 7) is 3.89. The van der Waals surface area contributed by atoms with Crippen LogP contribution in [0.15, 0.2) is 18.2 Å². The standard InChI is InChI=1S/C14H18ClNO3/c1-3-19-14(18)9-16-13(17)7-6-11-5-4-10(2)12(15)8-11/h4-5,8H,3,6-7,9H2,1-2H3,(H,16,17). The number of hydrogen-bond acceptors (Lipinski definition) is 3. The van der Waals surface area contributed by atoms with E-state index in [4.69, 9.17) is 16.3 Å². The lowest BCUT2D eigenvalue weighted by molar-refractivity contribution is -0.143. The van der Waals surface area contributed by atoms with Gasteiger partial charge in [0.2, 0.25) is 5.91 Å². The summed E-state index contributed by atoms with van der Waals surface area (Å²) in [5.41, 5.74) is 2.01. The van der Waals surface area contributed by atoms with Gasteiger partial charge in [0.25, 0.3) is 0 Å². The maximum absolute atomic E-state index is 11.5. The predicted octanol–water partition coefficient (Wildman–Crippen LogP) is 2.26. The number of halogens is 1. The first-order valence-electron chi connectivity index (χ1n) is 6.20. The van der Waals surface area contributed by atoms with Gasteiger partial charge in [-0.1, -0.05) is 23.7 Å². The van der Waals surface area contributed by atoms with E-state index in [1.807, 2.05) is 25.1 Å². The second kappa shape index (κ2) is 7.79. The summed E-state index contributed by atoms with van der Waals surface area (Å²) in [6.07, 6.45) is 0.910. The van der Waals surface area contributed by atoms with Gasteiger partial charge in [-0.2, -0.15) is 0 Å². The molecule has 0 unspecified atom stereocenters. The van der Waals surface area contributed by atoms with Crippen molar-refractivity contribution in [2.24, 2.45) is 0 Å². The molecule has 5 heteroatoms. The van der Waals surface area contributed by atoms with Crippen LogP contribution in [0.4, 0.5) is 0 Å². The average Bonchev–Trinajstić information content (AvgIpc) is 2.38. The zero-order valence-corrected chi connectivity index (χ0v) is 11.9. The molecular weight excluding hydrogens is 266 g/mol. The van der Waals surface area contributed by atoms with Gasteiger partial charge in [-0.25, -0.2) is 0 Å². The number of hydrogen-bond donors (Lipinski definition) is 1. The van der Waals surface area contributed by atoms with Crippen LogP contribution in [0.1, 0.15) is 24.5 Å². The molecule has 0 atom stereocenters. The van der Waals surface area contributed by atoms with Crippen LogP contribution in [-0.4, -0.2) is 25.0 Å². The smallest absolute Gasteiger partial charge is 0.325 e. The second-order valence-electron chi connectivity index (χ2n) is 4.17. The number of nitrogens with one attached hydrogen (secondary N) is 1. The molecule has 0 bridgehead atoms. The summed E-state index contributed by atoms with van der Waals surface area (Å²) in [7, 11) is 0. The largest absolute Gasteiger partial charge is 0.465 e. The maximum Gasteiger partial charge on any atom is 0.325 e. The Hall–Kier alpha value is -1.55. The van der Waals surface area contributed by atoms with Crippen molar-refractivity contribution in [3.05, 3.63) is 34.3 Å². The summed E-state index contributed by atoms with van der Waals surface area (Å²) in [6, 6.07) is 5.73. The lowest BCUT2D eigenvalue weighted by Gasteiger charge is -2.06. The van der Waals surface area contributed by atoms with E-state index in [-0.39, 0.29) is 12.5 Å². The van der Waals surface area contributed by atoms with Crippen LogP contribution in [0.25, 0.3) is 0 Å². The molecule has 19 heavy (non-hydrogen) atoms. The van der Waals surface area contributed by atoms with Crippen LogP contribution in [0.3, 0.4) is 0 Å². The highest BCUT2D eigenvalue weighted by atomic mass is 35.5. The fourth-order valence-corrected chi connectivity index (χ4v) is 1.72. The minimum Gasteiger partial charge on any atom is -0.465 e. The van der Waals surface area contributed by atoms with E-state index in [1.54, 1.807) is 6.92 Å². The Morgan fingerprint density at radius 2 is 2.11 bits per heavy atom. The number of rotatable bonds is 6. The Labute approximate surface area is 118 Å². The number of amides is 1. The lowest BCUT2D eigenvalue weighted by atomic mass is 10.1. The van der Waals surface area contributed by atoms with Crippen LogP contribution in [0, 0.1) is 6.92 Å². The number of aryl methyl sites for hydroxylation is 2. The first-order valence-corrected chi connectivity index (χ1v) is 6.58. The van der Waals surface area contributed by atoms with Crippen molar-refractivity contribution in [2.45, 2.75) is 26.7 Å². The molecule has 1 N–H and O–H groups in total. The van der Waals surface area contributed by atoms with Gasteiger partial charge in [-0.3, -0.25) is 9.59 Å². The van der Waals surface area contributed by atoms with Crippen molar-refractivity contribution in [3.63, 3.8) is 0 Å². The molecule has 0 radical (unpaired) electrons. The zero-order chi connectivity index (χ0) is 14.3. The zero-order valence-electron chi connectivity index (χ0n) is 11.2. The van der Waals surface area contributed by atoms with Crippen LogP contribution >= 0.6 is 11.6 Å². The fraction of sp³-hybridized carbons (Fsp3) is 0.429. The first kappa shape index (κ1) is 15.5. The summed E-state index contributed by atoms with van der Waals surface area (Å²) in [5.74, 6) is -0.598. The van der Waals surface area contributed by atoms with Gasteiger partial charge in [-0.05, 0) is 37.5 Å². The normalized spacial score (nSPS) is 10.1. The molecule has 0 aliphatic heterocycles. The molecule has 104 valence electrons. The van der Waals surface area contributed by atoms with Gasteiger partial charge in [0, 0.05) is 11.4 Å². The van der Waals surface area contributed by atoms with Crippen LogP contribution in [-0.2, 0) is 20.7 Å². The molecular formula is C14H18ClNO3. The molecule has 4 nitrogen and oxygen atoms in total. The van der Waals surface area contributed by atoms with Crippen LogP contribution in [0.2, 0.25) is 5.02 Å². The Kier molecular flexibility index (Phi) is 6.36. The molecule has 0 heterocycles. The van der Waals surface area contributed by atoms with E-state index in [1.165, 1.54) is 0 Å². The van der Waals surface area contributed by atoms with E-state index in [9.17, 15) is 9.59 Å². The van der Waals surface area contributed by atoms with E-state index >= 15 is 0 Å². The van der Waals surface area contributed by atoms with Crippen molar-refractivity contribution in [2.75, 3.05) is 13.2 Å². The van der Waals surface area contributed by atoms with Crippen molar-refractivity contribution < 1.29 is 14.3 Å². The van der Waals surface area contributed by atoms with Crippen LogP contribution < -0.4 is 5.32 Å². The number of ether oxygens (including phenoxy) is 1. The van der Waals surface area contributed by atoms with E-state index < -0.39 is 5.97 Å². The number of esters is 1. The van der Waals surface area contributed by atoms with Gasteiger partial charge in [0.05, 0.1) is 6.61 Å². The molecule has 0 aliphatic carbocycles. The topological polar surface area (TPSA) is 55.4 Å². The quantitative estimate of drug-likeness (QED) is 0.815. The molecule has 0 aromatic heterocycles. The molecule has 1 aromatic rings. The molecule has 1 amide bonds. The number of benzene rings is 1. The van der Waals surface area contributed by atoms with E-state index in [0.29, 0.717) is 24.5 Å². The highest BCUT2D eigenvalue weighted by Gasteiger charge is 2.06. The fourth-order valence-electron chi connectivity index (χ4n) is 1.52. The third kappa shape index (κ3) is 5.75. The molecule has 0 fully saturated rings. The highest BCUT2D eigenvalue weighted by molar-refractivity contribution is 6.31. The van der Waals surface area contributed by atoms with Gasteiger partial charge >= 0.3 is 5.97 Å². The van der Waals surface area contributed by atoms with E-state index in [0.717, 1.165) is 11.1 Å². The lowest BCUT2D eigenvalue weighted by Crippen LogP contribution is -2.30. The van der Waals surface area contributed by atoms with Gasteiger partial charge in [-0.15, -0.1) is 0 Å². The third-order valence-electron chi connectivity index (χ3n) is 2.61. The average molecular weight is 284 g/mol. The SMILES string of the molecule is CCOC(=O)CNC(=O)CCc1ccc(C)c(Cl)c1. The first-order chi connectivity index (χ1) is 9.02. The molecule has 0 spiro atoms. The van der Waals surface area contributed by atoms with Crippen molar-refractivity contribution in [3.8, 4) is 0 Å². The Morgan fingerprint density at radius 3 is 2.74 bits per heavy atom. The molecule has 0 aliphatic rings. The molecule has 1 rings (SSSR count). The Bertz CT molecular complexity index is 460. The summed E-state index contributed by atoms with van der Waals surface area (Å²) in [4.78, 5) is 22.6. The van der Waals surface area contributed by atoms with Gasteiger partial charge in [0.15, 0.2) is 0 Å². The summed E-state index contributed by atoms with van der Waals surface area (Å²) in [5, 5.41) is 3.22.